The molecular formula is C11H16BrN3O2. The number of ether oxygens (including phenoxy) is 2. The molecule has 94 valence electrons. The van der Waals surface area contributed by atoms with Crippen molar-refractivity contribution < 1.29 is 9.47 Å². The zero-order valence-electron chi connectivity index (χ0n) is 9.94. The van der Waals surface area contributed by atoms with Crippen LogP contribution < -0.4 is 10.1 Å². The van der Waals surface area contributed by atoms with Crippen LogP contribution in [-0.2, 0) is 4.74 Å². The fourth-order valence-corrected chi connectivity index (χ4v) is 2.15. The molecule has 6 heteroatoms. The molecule has 1 saturated carbocycles. The number of aromatic nitrogens is 2. The molecule has 0 bridgehead atoms. The summed E-state index contributed by atoms with van der Waals surface area (Å²) in [6.45, 7) is 2.80. The molecule has 1 aromatic rings. The summed E-state index contributed by atoms with van der Waals surface area (Å²) in [6.07, 6.45) is 4.09. The standard InChI is InChI=1S/C11H16BrN3O2/c1-3-17-8-4-7(5-8)14-11-13-6-9(12)10(15-11)16-2/h6-8H,3-5H2,1-2H3,(H,13,14,15). The zero-order valence-corrected chi connectivity index (χ0v) is 11.5. The number of hydrogen-bond acceptors (Lipinski definition) is 5. The van der Waals surface area contributed by atoms with Gasteiger partial charge >= 0.3 is 0 Å². The second kappa shape index (κ2) is 5.64. The molecule has 0 aromatic carbocycles. The molecule has 1 heterocycles. The summed E-state index contributed by atoms with van der Waals surface area (Å²) in [5.41, 5.74) is 0. The van der Waals surface area contributed by atoms with Crippen molar-refractivity contribution >= 4 is 21.9 Å². The minimum Gasteiger partial charge on any atom is -0.480 e. The fraction of sp³-hybridized carbons (Fsp3) is 0.636. The highest BCUT2D eigenvalue weighted by atomic mass is 79.9. The summed E-state index contributed by atoms with van der Waals surface area (Å²) in [4.78, 5) is 8.44. The Balaban J connectivity index is 1.88. The Morgan fingerprint density at radius 3 is 2.94 bits per heavy atom. The highest BCUT2D eigenvalue weighted by molar-refractivity contribution is 9.10. The molecule has 1 aliphatic carbocycles. The third-order valence-corrected chi connectivity index (χ3v) is 3.28. The van der Waals surface area contributed by atoms with E-state index in [1.54, 1.807) is 13.3 Å². The van der Waals surface area contributed by atoms with Crippen LogP contribution in [0.4, 0.5) is 5.95 Å². The number of rotatable bonds is 5. The average molecular weight is 302 g/mol. The van der Waals surface area contributed by atoms with Gasteiger partial charge in [-0.1, -0.05) is 0 Å². The quantitative estimate of drug-likeness (QED) is 0.904. The van der Waals surface area contributed by atoms with E-state index in [1.807, 2.05) is 6.92 Å². The number of nitrogens with one attached hydrogen (secondary N) is 1. The summed E-state index contributed by atoms with van der Waals surface area (Å²) in [6, 6.07) is 0.400. The van der Waals surface area contributed by atoms with Crippen LogP contribution in [0.5, 0.6) is 5.88 Å². The lowest BCUT2D eigenvalue weighted by Gasteiger charge is -2.35. The zero-order chi connectivity index (χ0) is 12.3. The normalized spacial score (nSPS) is 23.0. The van der Waals surface area contributed by atoms with Gasteiger partial charge < -0.3 is 14.8 Å². The Morgan fingerprint density at radius 1 is 1.53 bits per heavy atom. The number of hydrogen-bond donors (Lipinski definition) is 1. The molecule has 0 radical (unpaired) electrons. The molecule has 1 aromatic heterocycles. The van der Waals surface area contributed by atoms with Crippen molar-refractivity contribution in [3.05, 3.63) is 10.7 Å². The lowest BCUT2D eigenvalue weighted by Crippen LogP contribution is -2.41. The Labute approximate surface area is 109 Å². The monoisotopic (exact) mass is 301 g/mol. The van der Waals surface area contributed by atoms with Crippen molar-refractivity contribution in [1.29, 1.82) is 0 Å². The van der Waals surface area contributed by atoms with Gasteiger partial charge in [0.15, 0.2) is 0 Å². The van der Waals surface area contributed by atoms with Crippen molar-refractivity contribution in [2.24, 2.45) is 0 Å². The van der Waals surface area contributed by atoms with E-state index in [9.17, 15) is 0 Å². The molecule has 1 N–H and O–H groups in total. The molecular weight excluding hydrogens is 286 g/mol. The van der Waals surface area contributed by atoms with Gasteiger partial charge in [-0.15, -0.1) is 0 Å². The van der Waals surface area contributed by atoms with E-state index in [1.165, 1.54) is 0 Å². The maximum atomic E-state index is 5.50. The van der Waals surface area contributed by atoms with E-state index in [0.29, 0.717) is 24.0 Å². The lowest BCUT2D eigenvalue weighted by molar-refractivity contribution is 0.00284. The third-order valence-electron chi connectivity index (χ3n) is 2.74. The summed E-state index contributed by atoms with van der Waals surface area (Å²) in [5.74, 6) is 1.15. The smallest absolute Gasteiger partial charge is 0.232 e. The van der Waals surface area contributed by atoms with Crippen LogP contribution in [0, 0.1) is 0 Å². The van der Waals surface area contributed by atoms with Gasteiger partial charge in [-0.05, 0) is 35.7 Å². The van der Waals surface area contributed by atoms with Crippen LogP contribution in [0.15, 0.2) is 10.7 Å². The Morgan fingerprint density at radius 2 is 2.29 bits per heavy atom. The first-order valence-corrected chi connectivity index (χ1v) is 6.47. The molecule has 0 unspecified atom stereocenters. The van der Waals surface area contributed by atoms with Gasteiger partial charge in [0.25, 0.3) is 0 Å². The Bertz CT molecular complexity index is 383. The van der Waals surface area contributed by atoms with Crippen LogP contribution >= 0.6 is 15.9 Å². The van der Waals surface area contributed by atoms with Crippen molar-refractivity contribution in [2.75, 3.05) is 19.0 Å². The van der Waals surface area contributed by atoms with Crippen molar-refractivity contribution in [3.8, 4) is 5.88 Å². The minimum atomic E-state index is 0.384. The number of nitrogens with zero attached hydrogens (tertiary/aromatic N) is 2. The maximum Gasteiger partial charge on any atom is 0.232 e. The number of halogens is 1. The van der Waals surface area contributed by atoms with E-state index in [4.69, 9.17) is 9.47 Å². The summed E-state index contributed by atoms with van der Waals surface area (Å²) in [5, 5.41) is 3.27. The number of methoxy groups -OCH3 is 1. The first-order valence-electron chi connectivity index (χ1n) is 5.67. The predicted molar refractivity (Wildman–Crippen MR) is 68.3 cm³/mol. The molecule has 1 aliphatic rings. The Hall–Kier alpha value is -0.880. The second-order valence-corrected chi connectivity index (χ2v) is 4.80. The third kappa shape index (κ3) is 3.07. The largest absolute Gasteiger partial charge is 0.480 e. The lowest BCUT2D eigenvalue weighted by atomic mass is 9.89. The fourth-order valence-electron chi connectivity index (χ4n) is 1.80. The molecule has 17 heavy (non-hydrogen) atoms. The second-order valence-electron chi connectivity index (χ2n) is 3.94. The predicted octanol–water partition coefficient (Wildman–Crippen LogP) is 2.23. The first-order chi connectivity index (χ1) is 8.22. The van der Waals surface area contributed by atoms with Gasteiger partial charge in [-0.2, -0.15) is 4.98 Å². The van der Waals surface area contributed by atoms with E-state index < -0.39 is 0 Å². The summed E-state index contributed by atoms with van der Waals surface area (Å²) < 4.78 is 11.4. The topological polar surface area (TPSA) is 56.3 Å². The first kappa shape index (κ1) is 12.6. The van der Waals surface area contributed by atoms with Crippen LogP contribution in [0.25, 0.3) is 0 Å². The Kier molecular flexibility index (Phi) is 4.17. The van der Waals surface area contributed by atoms with Gasteiger partial charge in [0, 0.05) is 12.6 Å². The SMILES string of the molecule is CCOC1CC(Nc2ncc(Br)c(OC)n2)C1. The van der Waals surface area contributed by atoms with Crippen LogP contribution in [0.2, 0.25) is 0 Å². The molecule has 0 amide bonds. The molecule has 0 aliphatic heterocycles. The molecule has 1 fully saturated rings. The highest BCUT2D eigenvalue weighted by Gasteiger charge is 2.30. The average Bonchev–Trinajstić information content (AvgIpc) is 2.28. The van der Waals surface area contributed by atoms with E-state index in [2.05, 4.69) is 31.2 Å². The van der Waals surface area contributed by atoms with Gasteiger partial charge in [0.1, 0.15) is 0 Å². The maximum absolute atomic E-state index is 5.50. The minimum absolute atomic E-state index is 0.384. The highest BCUT2D eigenvalue weighted by Crippen LogP contribution is 2.27. The molecule has 0 atom stereocenters. The van der Waals surface area contributed by atoms with Crippen molar-refractivity contribution in [2.45, 2.75) is 31.9 Å². The van der Waals surface area contributed by atoms with Gasteiger partial charge in [0.2, 0.25) is 11.8 Å². The van der Waals surface area contributed by atoms with E-state index >= 15 is 0 Å². The van der Waals surface area contributed by atoms with Crippen molar-refractivity contribution in [1.82, 2.24) is 9.97 Å². The van der Waals surface area contributed by atoms with Crippen LogP contribution in [0.3, 0.4) is 0 Å². The molecule has 0 spiro atoms. The number of anilines is 1. The van der Waals surface area contributed by atoms with Crippen molar-refractivity contribution in [3.63, 3.8) is 0 Å². The van der Waals surface area contributed by atoms with E-state index in [-0.39, 0.29) is 0 Å². The molecule has 2 rings (SSSR count). The summed E-state index contributed by atoms with van der Waals surface area (Å²) >= 11 is 3.32. The van der Waals surface area contributed by atoms with Crippen LogP contribution in [-0.4, -0.2) is 35.8 Å². The molecule has 5 nitrogen and oxygen atoms in total. The van der Waals surface area contributed by atoms with Gasteiger partial charge in [0.05, 0.1) is 23.9 Å². The van der Waals surface area contributed by atoms with Gasteiger partial charge in [-0.3, -0.25) is 0 Å². The van der Waals surface area contributed by atoms with Crippen LogP contribution in [0.1, 0.15) is 19.8 Å². The summed E-state index contributed by atoms with van der Waals surface area (Å²) in [7, 11) is 1.59. The molecule has 0 saturated heterocycles. The van der Waals surface area contributed by atoms with E-state index in [0.717, 1.165) is 23.9 Å². The van der Waals surface area contributed by atoms with Gasteiger partial charge in [-0.25, -0.2) is 4.98 Å².